The number of halogens is 4. The fraction of sp³-hybridized carbons (Fsp3) is 0.423. The molecule has 2 aromatic carbocycles. The number of benzene rings is 2. The lowest BCUT2D eigenvalue weighted by molar-refractivity contribution is -0.0605. The zero-order valence-electron chi connectivity index (χ0n) is 19.3. The van der Waals surface area contributed by atoms with Crippen LogP contribution in [0.15, 0.2) is 53.5 Å². The molecule has 0 spiro atoms. The van der Waals surface area contributed by atoms with Gasteiger partial charge in [-0.2, -0.15) is 13.2 Å². The number of likely N-dealkylation sites (tertiary alicyclic amines) is 2. The Balaban J connectivity index is 1.55. The molecule has 2 heterocycles. The normalized spacial score (nSPS) is 19.4. The monoisotopic (exact) mass is 504 g/mol. The Kier molecular flexibility index (Phi) is 7.91. The van der Waals surface area contributed by atoms with Gasteiger partial charge in [0.1, 0.15) is 5.71 Å². The van der Waals surface area contributed by atoms with Crippen molar-refractivity contribution in [1.29, 1.82) is 5.41 Å². The third-order valence-corrected chi connectivity index (χ3v) is 6.88. The molecular weight excluding hydrogens is 477 g/mol. The number of hydrogen-bond acceptors (Lipinski definition) is 4. The number of alkyl halides is 3. The first-order valence-corrected chi connectivity index (χ1v) is 12.2. The van der Waals surface area contributed by atoms with Crippen LogP contribution in [-0.4, -0.2) is 65.5 Å². The summed E-state index contributed by atoms with van der Waals surface area (Å²) in [6.45, 7) is 3.75. The second-order valence-electron chi connectivity index (χ2n) is 9.04. The van der Waals surface area contributed by atoms with Crippen molar-refractivity contribution in [1.82, 2.24) is 9.80 Å². The summed E-state index contributed by atoms with van der Waals surface area (Å²) in [5.74, 6) is -0.0640. The molecule has 35 heavy (non-hydrogen) atoms. The van der Waals surface area contributed by atoms with E-state index in [1.54, 1.807) is 48.5 Å². The second-order valence-corrected chi connectivity index (χ2v) is 9.45. The van der Waals surface area contributed by atoms with Crippen LogP contribution < -0.4 is 0 Å². The van der Waals surface area contributed by atoms with Gasteiger partial charge in [0.15, 0.2) is 0 Å². The Morgan fingerprint density at radius 1 is 1.00 bits per heavy atom. The van der Waals surface area contributed by atoms with Crippen molar-refractivity contribution in [3.8, 4) is 0 Å². The van der Waals surface area contributed by atoms with E-state index in [4.69, 9.17) is 17.0 Å². The molecule has 2 aromatic rings. The molecule has 1 unspecified atom stereocenters. The van der Waals surface area contributed by atoms with E-state index >= 15 is 0 Å². The largest absolute Gasteiger partial charge is 0.429 e. The predicted molar refractivity (Wildman–Crippen MR) is 132 cm³/mol. The van der Waals surface area contributed by atoms with E-state index in [9.17, 15) is 18.0 Å². The molecule has 0 aliphatic carbocycles. The minimum absolute atomic E-state index is 0.0625. The molecular formula is C26H28ClF3N4O. The lowest BCUT2D eigenvalue weighted by Gasteiger charge is -2.28. The molecule has 0 radical (unpaired) electrons. The van der Waals surface area contributed by atoms with Crippen LogP contribution in [0.4, 0.5) is 18.9 Å². The molecule has 9 heteroatoms. The summed E-state index contributed by atoms with van der Waals surface area (Å²) in [4.78, 5) is 21.9. The fourth-order valence-electron chi connectivity index (χ4n) is 4.69. The molecule has 2 aliphatic heterocycles. The van der Waals surface area contributed by atoms with Crippen LogP contribution in [-0.2, 0) is 0 Å². The molecule has 186 valence electrons. The second kappa shape index (κ2) is 10.9. The molecule has 2 saturated heterocycles. The van der Waals surface area contributed by atoms with Crippen molar-refractivity contribution >= 4 is 34.6 Å². The molecule has 0 bridgehead atoms. The highest BCUT2D eigenvalue weighted by molar-refractivity contribution is 6.33. The number of carbonyl (C=O) groups excluding carboxylic acids is 1. The van der Waals surface area contributed by atoms with Gasteiger partial charge in [-0.1, -0.05) is 35.9 Å². The van der Waals surface area contributed by atoms with Gasteiger partial charge in [0, 0.05) is 31.1 Å². The molecule has 4 rings (SSSR count). The summed E-state index contributed by atoms with van der Waals surface area (Å²) in [7, 11) is 0. The fourth-order valence-corrected chi connectivity index (χ4v) is 4.87. The smallest absolute Gasteiger partial charge is 0.334 e. The van der Waals surface area contributed by atoms with Crippen LogP contribution in [0.3, 0.4) is 0 Å². The number of rotatable bonds is 7. The predicted octanol–water partition coefficient (Wildman–Crippen LogP) is 6.13. The molecule has 2 aliphatic rings. The van der Waals surface area contributed by atoms with Crippen LogP contribution in [0.1, 0.15) is 48.0 Å². The highest BCUT2D eigenvalue weighted by Gasteiger charge is 2.35. The topological polar surface area (TPSA) is 59.8 Å². The number of para-hydroxylation sites is 1. The number of carbonyl (C=O) groups is 1. The Hall–Kier alpha value is -2.71. The maximum atomic E-state index is 13.2. The van der Waals surface area contributed by atoms with Gasteiger partial charge >= 0.3 is 6.18 Å². The standard InChI is InChI=1S/C26H28ClF3N4O/c27-21-7-1-2-8-22(21)32-23(16-24(31)26(28,29)30)18-9-11-19(12-10-18)25(35)34-15-5-6-20(34)17-33-13-3-4-14-33/h1-2,7-12,20,31H,3-6,13-17H2. The highest BCUT2D eigenvalue weighted by Crippen LogP contribution is 2.28. The number of amides is 1. The zero-order valence-corrected chi connectivity index (χ0v) is 20.1. The van der Waals surface area contributed by atoms with Crippen LogP contribution in [0.25, 0.3) is 0 Å². The summed E-state index contributed by atoms with van der Waals surface area (Å²) >= 11 is 6.16. The van der Waals surface area contributed by atoms with E-state index in [1.807, 2.05) is 4.90 Å². The molecule has 0 aromatic heterocycles. The molecule has 0 saturated carbocycles. The van der Waals surface area contributed by atoms with E-state index in [0.29, 0.717) is 28.4 Å². The highest BCUT2D eigenvalue weighted by atomic mass is 35.5. The van der Waals surface area contributed by atoms with Crippen molar-refractivity contribution in [2.24, 2.45) is 4.99 Å². The van der Waals surface area contributed by atoms with Crippen molar-refractivity contribution in [2.75, 3.05) is 26.2 Å². The maximum absolute atomic E-state index is 13.2. The first-order valence-electron chi connectivity index (χ1n) is 11.8. The van der Waals surface area contributed by atoms with Gasteiger partial charge in [0.2, 0.25) is 0 Å². The maximum Gasteiger partial charge on any atom is 0.429 e. The van der Waals surface area contributed by atoms with Gasteiger partial charge in [-0.3, -0.25) is 9.79 Å². The first kappa shape index (κ1) is 25.4. The van der Waals surface area contributed by atoms with Crippen molar-refractivity contribution in [3.05, 3.63) is 64.7 Å². The SMILES string of the molecule is N=C(CC(=Nc1ccccc1Cl)c1ccc(C(=O)N2CCCC2CN2CCCC2)cc1)C(F)(F)F. The van der Waals surface area contributed by atoms with Crippen molar-refractivity contribution < 1.29 is 18.0 Å². The van der Waals surface area contributed by atoms with Crippen LogP contribution in [0.2, 0.25) is 5.02 Å². The molecule has 2 fully saturated rings. The lowest BCUT2D eigenvalue weighted by atomic mass is 10.0. The average Bonchev–Trinajstić information content (AvgIpc) is 3.51. The van der Waals surface area contributed by atoms with Gasteiger partial charge in [-0.15, -0.1) is 0 Å². The number of aliphatic imine (C=N–C) groups is 1. The van der Waals surface area contributed by atoms with Crippen LogP contribution in [0.5, 0.6) is 0 Å². The Morgan fingerprint density at radius 2 is 1.66 bits per heavy atom. The molecule has 1 atom stereocenters. The summed E-state index contributed by atoms with van der Waals surface area (Å²) in [6.07, 6.45) is -1.10. The number of hydrogen-bond donors (Lipinski definition) is 1. The Morgan fingerprint density at radius 3 is 2.31 bits per heavy atom. The lowest BCUT2D eigenvalue weighted by Crippen LogP contribution is -2.42. The minimum Gasteiger partial charge on any atom is -0.334 e. The molecule has 5 nitrogen and oxygen atoms in total. The average molecular weight is 505 g/mol. The van der Waals surface area contributed by atoms with E-state index in [0.717, 1.165) is 32.5 Å². The van der Waals surface area contributed by atoms with Crippen LogP contribution >= 0.6 is 11.6 Å². The summed E-state index contributed by atoms with van der Waals surface area (Å²) in [5.41, 5.74) is -0.116. The molecule has 1 N–H and O–H groups in total. The summed E-state index contributed by atoms with van der Waals surface area (Å²) in [5, 5.41) is 7.77. The summed E-state index contributed by atoms with van der Waals surface area (Å²) < 4.78 is 39.3. The third kappa shape index (κ3) is 6.30. The van der Waals surface area contributed by atoms with Gasteiger partial charge < -0.3 is 15.2 Å². The van der Waals surface area contributed by atoms with Crippen LogP contribution in [0, 0.1) is 5.41 Å². The van der Waals surface area contributed by atoms with Gasteiger partial charge in [-0.25, -0.2) is 0 Å². The van der Waals surface area contributed by atoms with E-state index in [2.05, 4.69) is 9.89 Å². The van der Waals surface area contributed by atoms with Gasteiger partial charge in [0.05, 0.1) is 16.4 Å². The minimum atomic E-state index is -4.75. The van der Waals surface area contributed by atoms with Crippen molar-refractivity contribution in [3.63, 3.8) is 0 Å². The Labute approximate surface area is 208 Å². The Bertz CT molecular complexity index is 1090. The molecule has 1 amide bonds. The number of nitrogens with one attached hydrogen (secondary N) is 1. The van der Waals surface area contributed by atoms with E-state index in [1.165, 1.54) is 12.8 Å². The zero-order chi connectivity index (χ0) is 25.0. The summed E-state index contributed by atoms with van der Waals surface area (Å²) in [6, 6.07) is 13.2. The first-order chi connectivity index (χ1) is 16.7. The van der Waals surface area contributed by atoms with Crippen molar-refractivity contribution in [2.45, 2.75) is 44.3 Å². The third-order valence-electron chi connectivity index (χ3n) is 6.56. The number of nitrogens with zero attached hydrogens (tertiary/aromatic N) is 3. The van der Waals surface area contributed by atoms with E-state index in [-0.39, 0.29) is 17.7 Å². The van der Waals surface area contributed by atoms with E-state index < -0.39 is 18.3 Å². The van der Waals surface area contributed by atoms with Gasteiger partial charge in [0.25, 0.3) is 5.91 Å². The quantitative estimate of drug-likeness (QED) is 0.461. The van der Waals surface area contributed by atoms with Gasteiger partial charge in [-0.05, 0) is 68.6 Å².